The third-order valence-corrected chi connectivity index (χ3v) is 7.60. The molecule has 0 amide bonds. The van der Waals surface area contributed by atoms with E-state index in [9.17, 15) is 4.79 Å². The molecule has 5 rings (SSSR count). The summed E-state index contributed by atoms with van der Waals surface area (Å²) in [6.07, 6.45) is 2.63. The van der Waals surface area contributed by atoms with Crippen LogP contribution in [0.1, 0.15) is 57.8 Å². The van der Waals surface area contributed by atoms with E-state index >= 15 is 0 Å². The molecule has 1 spiro atoms. The largest absolute Gasteiger partial charge is 0.486 e. The molecule has 2 aromatic carbocycles. The second-order valence-corrected chi connectivity index (χ2v) is 10.3. The van der Waals surface area contributed by atoms with Gasteiger partial charge in [-0.15, -0.1) is 0 Å². The number of ketones is 1. The third kappa shape index (κ3) is 4.39. The van der Waals surface area contributed by atoms with Gasteiger partial charge < -0.3 is 9.64 Å². The summed E-state index contributed by atoms with van der Waals surface area (Å²) in [5.74, 6) is 2.50. The molecule has 1 aromatic heterocycles. The summed E-state index contributed by atoms with van der Waals surface area (Å²) < 4.78 is 6.48. The van der Waals surface area contributed by atoms with Gasteiger partial charge in [0.25, 0.3) is 0 Å². The Hall–Kier alpha value is -2.63. The van der Waals surface area contributed by atoms with Crippen molar-refractivity contribution in [3.8, 4) is 5.75 Å². The summed E-state index contributed by atoms with van der Waals surface area (Å²) in [5.41, 5.74) is 4.32. The maximum atomic E-state index is 13.0. The maximum Gasteiger partial charge on any atom is 0.170 e. The van der Waals surface area contributed by atoms with Crippen molar-refractivity contribution in [2.24, 2.45) is 0 Å². The van der Waals surface area contributed by atoms with E-state index in [0.717, 1.165) is 65.8 Å². The quantitative estimate of drug-likeness (QED) is 0.426. The number of ether oxygens (including phenoxy) is 1. The fraction of sp³-hybridized carbons (Fsp3) is 0.370. The molecule has 7 heteroatoms. The smallest absolute Gasteiger partial charge is 0.170 e. The first kappa shape index (κ1) is 23.1. The number of benzene rings is 2. The van der Waals surface area contributed by atoms with Crippen molar-refractivity contribution >= 4 is 34.8 Å². The number of aromatic nitrogens is 2. The number of hydrogen-bond acceptors (Lipinski definition) is 5. The molecule has 2 aliphatic rings. The molecule has 1 fully saturated rings. The molecule has 176 valence electrons. The predicted octanol–water partition coefficient (Wildman–Crippen LogP) is 6.30. The minimum absolute atomic E-state index is 0.105. The molecule has 3 aromatic rings. The molecular formula is C27H27Cl2N3O2. The minimum atomic E-state index is -0.478. The fourth-order valence-corrected chi connectivity index (χ4v) is 5.30. The van der Waals surface area contributed by atoms with Crippen LogP contribution in [0.4, 0.5) is 5.82 Å². The van der Waals surface area contributed by atoms with Crippen LogP contribution in [-0.2, 0) is 6.42 Å². The summed E-state index contributed by atoms with van der Waals surface area (Å²) in [4.78, 5) is 24.8. The summed E-state index contributed by atoms with van der Waals surface area (Å²) in [6, 6.07) is 11.6. The van der Waals surface area contributed by atoms with Crippen molar-refractivity contribution in [3.05, 3.63) is 80.2 Å². The first-order chi connectivity index (χ1) is 16.2. The number of halogens is 2. The van der Waals surface area contributed by atoms with E-state index in [4.69, 9.17) is 32.9 Å². The number of piperidine rings is 1. The van der Waals surface area contributed by atoms with Crippen LogP contribution in [0.15, 0.2) is 36.4 Å². The van der Waals surface area contributed by atoms with Crippen LogP contribution in [0.2, 0.25) is 10.0 Å². The number of anilines is 1. The van der Waals surface area contributed by atoms with E-state index in [-0.39, 0.29) is 5.78 Å². The van der Waals surface area contributed by atoms with E-state index < -0.39 is 5.60 Å². The Morgan fingerprint density at radius 2 is 1.74 bits per heavy atom. The van der Waals surface area contributed by atoms with Crippen LogP contribution in [0.3, 0.4) is 0 Å². The molecule has 0 bridgehead atoms. The van der Waals surface area contributed by atoms with Crippen molar-refractivity contribution < 1.29 is 9.53 Å². The summed E-state index contributed by atoms with van der Waals surface area (Å²) in [7, 11) is 0. The van der Waals surface area contributed by atoms with Gasteiger partial charge in [-0.2, -0.15) is 0 Å². The Labute approximate surface area is 210 Å². The van der Waals surface area contributed by atoms with E-state index in [1.807, 2.05) is 51.1 Å². The van der Waals surface area contributed by atoms with Gasteiger partial charge in [-0.25, -0.2) is 9.97 Å². The van der Waals surface area contributed by atoms with Crippen molar-refractivity contribution in [1.82, 2.24) is 9.97 Å². The van der Waals surface area contributed by atoms with Crippen LogP contribution in [0.25, 0.3) is 0 Å². The second kappa shape index (κ2) is 8.86. The van der Waals surface area contributed by atoms with Gasteiger partial charge >= 0.3 is 0 Å². The van der Waals surface area contributed by atoms with Gasteiger partial charge in [-0.1, -0.05) is 35.3 Å². The monoisotopic (exact) mass is 495 g/mol. The summed E-state index contributed by atoms with van der Waals surface area (Å²) in [5, 5.41) is 1.33. The second-order valence-electron chi connectivity index (χ2n) is 9.43. The number of rotatable bonds is 3. The number of fused-ring (bicyclic) bond motifs is 1. The number of nitrogens with zero attached hydrogens (tertiary/aromatic N) is 3. The lowest BCUT2D eigenvalue weighted by atomic mass is 9.82. The molecule has 0 aliphatic carbocycles. The zero-order chi connectivity index (χ0) is 24.0. The van der Waals surface area contributed by atoms with Crippen LogP contribution in [0, 0.1) is 20.8 Å². The van der Waals surface area contributed by atoms with E-state index in [2.05, 4.69) is 9.88 Å². The number of aryl methyl sites for hydroxylation is 3. The lowest BCUT2D eigenvalue weighted by molar-refractivity contribution is 0.0230. The zero-order valence-corrected chi connectivity index (χ0v) is 21.1. The summed E-state index contributed by atoms with van der Waals surface area (Å²) in [6.45, 7) is 7.43. The molecule has 0 unspecified atom stereocenters. The standard InChI is InChI=1S/C27H27Cl2N3O2/c1-16-12-25-22(14-23(16)29)24(33)15-27(34-25)8-10-32(11-9-27)26-21(17(2)30-18(3)31-26)13-19-4-6-20(28)7-5-19/h4-7,12,14H,8-11,13,15H2,1-3H3. The van der Waals surface area contributed by atoms with Gasteiger partial charge in [0.1, 0.15) is 23.0 Å². The normalized spacial score (nSPS) is 17.0. The first-order valence-corrected chi connectivity index (χ1v) is 12.3. The number of carbonyl (C=O) groups is 1. The van der Waals surface area contributed by atoms with Crippen molar-refractivity contribution in [2.45, 2.75) is 52.1 Å². The Kier molecular flexibility index (Phi) is 6.03. The first-order valence-electron chi connectivity index (χ1n) is 11.6. The molecule has 0 radical (unpaired) electrons. The lowest BCUT2D eigenvalue weighted by Gasteiger charge is -2.44. The molecule has 0 N–H and O–H groups in total. The molecule has 0 atom stereocenters. The Morgan fingerprint density at radius 3 is 2.44 bits per heavy atom. The van der Waals surface area contributed by atoms with Gasteiger partial charge in [0.15, 0.2) is 5.78 Å². The highest BCUT2D eigenvalue weighted by Gasteiger charge is 2.43. The van der Waals surface area contributed by atoms with Gasteiger partial charge in [-0.3, -0.25) is 4.79 Å². The summed E-state index contributed by atoms with van der Waals surface area (Å²) >= 11 is 12.3. The SMILES string of the molecule is Cc1nc(C)c(Cc2ccc(Cl)cc2)c(N2CCC3(CC2)CC(=O)c2cc(Cl)c(C)cc2O3)n1. The number of carbonyl (C=O) groups excluding carboxylic acids is 1. The van der Waals surface area contributed by atoms with Gasteiger partial charge in [0.05, 0.1) is 12.0 Å². The zero-order valence-electron chi connectivity index (χ0n) is 19.6. The fourth-order valence-electron chi connectivity index (χ4n) is 5.01. The highest BCUT2D eigenvalue weighted by Crippen LogP contribution is 2.42. The predicted molar refractivity (Wildman–Crippen MR) is 136 cm³/mol. The van der Waals surface area contributed by atoms with Gasteiger partial charge in [-0.05, 0) is 56.2 Å². The number of Topliss-reactive ketones (excluding diaryl/α,β-unsaturated/α-hetero) is 1. The highest BCUT2D eigenvalue weighted by molar-refractivity contribution is 6.32. The Balaban J connectivity index is 1.39. The Morgan fingerprint density at radius 1 is 1.03 bits per heavy atom. The van der Waals surface area contributed by atoms with Crippen LogP contribution >= 0.6 is 23.2 Å². The Bertz CT molecular complexity index is 1270. The molecule has 0 saturated carbocycles. The minimum Gasteiger partial charge on any atom is -0.486 e. The average Bonchev–Trinajstić information content (AvgIpc) is 2.79. The molecule has 2 aliphatic heterocycles. The average molecular weight is 496 g/mol. The van der Waals surface area contributed by atoms with Crippen molar-refractivity contribution in [2.75, 3.05) is 18.0 Å². The number of hydrogen-bond donors (Lipinski definition) is 0. The van der Waals surface area contributed by atoms with Crippen LogP contribution in [0.5, 0.6) is 5.75 Å². The van der Waals surface area contributed by atoms with Crippen LogP contribution < -0.4 is 9.64 Å². The topological polar surface area (TPSA) is 55.3 Å². The lowest BCUT2D eigenvalue weighted by Crippen LogP contribution is -2.51. The molecule has 34 heavy (non-hydrogen) atoms. The van der Waals surface area contributed by atoms with E-state index in [1.54, 1.807) is 6.07 Å². The third-order valence-electron chi connectivity index (χ3n) is 6.94. The van der Waals surface area contributed by atoms with Crippen LogP contribution in [-0.4, -0.2) is 34.4 Å². The van der Waals surface area contributed by atoms with Gasteiger partial charge in [0, 0.05) is 53.7 Å². The molecular weight excluding hydrogens is 469 g/mol. The molecule has 5 nitrogen and oxygen atoms in total. The molecule has 3 heterocycles. The maximum absolute atomic E-state index is 13.0. The highest BCUT2D eigenvalue weighted by atomic mass is 35.5. The van der Waals surface area contributed by atoms with Crippen molar-refractivity contribution in [3.63, 3.8) is 0 Å². The van der Waals surface area contributed by atoms with E-state index in [1.165, 1.54) is 5.56 Å². The van der Waals surface area contributed by atoms with Crippen molar-refractivity contribution in [1.29, 1.82) is 0 Å². The molecule has 1 saturated heterocycles. The van der Waals surface area contributed by atoms with Gasteiger partial charge in [0.2, 0.25) is 0 Å². The van der Waals surface area contributed by atoms with E-state index in [0.29, 0.717) is 22.8 Å².